The molecule has 11 heteroatoms. The third kappa shape index (κ3) is 8.86. The number of aromatic hydroxyl groups is 1. The van der Waals surface area contributed by atoms with Gasteiger partial charge in [0.05, 0.1) is 17.3 Å². The first-order valence-corrected chi connectivity index (χ1v) is 17.7. The number of aliphatic hydroxyl groups excluding tert-OH is 1. The number of benzene rings is 4. The van der Waals surface area contributed by atoms with Gasteiger partial charge in [0.1, 0.15) is 5.75 Å². The summed E-state index contributed by atoms with van der Waals surface area (Å²) in [5, 5.41) is 38.1. The zero-order valence-electron chi connectivity index (χ0n) is 28.9. The Bertz CT molecular complexity index is 2060. The molecule has 1 aliphatic carbocycles. The molecule has 1 aromatic heterocycles. The van der Waals surface area contributed by atoms with E-state index in [0.29, 0.717) is 48.1 Å². The number of phenols is 1. The minimum absolute atomic E-state index is 0.0585. The topological polar surface area (TPSA) is 181 Å². The summed E-state index contributed by atoms with van der Waals surface area (Å²) in [6, 6.07) is 29.2. The smallest absolute Gasteiger partial charge is 0.412 e. The maximum absolute atomic E-state index is 12.9. The van der Waals surface area contributed by atoms with Gasteiger partial charge in [-0.2, -0.15) is 0 Å². The van der Waals surface area contributed by atoms with E-state index in [-0.39, 0.29) is 41.4 Å². The number of anilines is 2. The van der Waals surface area contributed by atoms with Crippen molar-refractivity contribution in [3.05, 3.63) is 124 Å². The summed E-state index contributed by atoms with van der Waals surface area (Å²) < 4.78 is 0. The van der Waals surface area contributed by atoms with Crippen molar-refractivity contribution in [2.45, 2.75) is 69.7 Å². The highest BCUT2D eigenvalue weighted by Gasteiger charge is 2.30. The summed E-state index contributed by atoms with van der Waals surface area (Å²) in [5.74, 6) is -0.167. The van der Waals surface area contributed by atoms with Crippen molar-refractivity contribution in [2.24, 2.45) is 5.73 Å². The number of nitrogens with zero attached hydrogens (tertiary/aromatic N) is 1. The number of nitrogens with two attached hydrogens (primary N) is 1. The van der Waals surface area contributed by atoms with E-state index in [1.165, 1.54) is 17.0 Å². The van der Waals surface area contributed by atoms with Gasteiger partial charge in [-0.25, -0.2) is 4.79 Å². The van der Waals surface area contributed by atoms with Gasteiger partial charge < -0.3 is 36.7 Å². The number of pyridine rings is 1. The van der Waals surface area contributed by atoms with Crippen LogP contribution < -0.4 is 26.8 Å². The Balaban J connectivity index is 1.02. The molecule has 1 aliphatic rings. The lowest BCUT2D eigenvalue weighted by Gasteiger charge is -2.35. The number of aromatic nitrogens is 1. The average Bonchev–Trinajstić information content (AvgIpc) is 3.14. The van der Waals surface area contributed by atoms with Crippen molar-refractivity contribution in [3.63, 3.8) is 0 Å². The lowest BCUT2D eigenvalue weighted by Crippen LogP contribution is -2.44. The van der Waals surface area contributed by atoms with Gasteiger partial charge in [-0.05, 0) is 91.1 Å². The summed E-state index contributed by atoms with van der Waals surface area (Å²) in [6.07, 6.45) is 2.69. The monoisotopic (exact) mass is 703 g/mol. The quantitative estimate of drug-likeness (QED) is 0.0732. The van der Waals surface area contributed by atoms with Crippen molar-refractivity contribution in [2.75, 3.05) is 16.8 Å². The Morgan fingerprint density at radius 3 is 2.37 bits per heavy atom. The van der Waals surface area contributed by atoms with Crippen molar-refractivity contribution in [1.82, 2.24) is 10.3 Å². The maximum Gasteiger partial charge on any atom is 0.412 e. The maximum atomic E-state index is 12.9. The van der Waals surface area contributed by atoms with Crippen LogP contribution >= 0.6 is 0 Å². The molecule has 52 heavy (non-hydrogen) atoms. The number of H-pyrrole nitrogens is 1. The standard InChI is InChI=1S/C41H45N5O6/c42-29-12-16-31(17-13-29)46(41(51)52)35-23-26(11-18-32(35)28-6-2-1-3-7-28)5-4-8-38(49)44-30-14-9-27(10-15-30)24-43-25-37(48)33-19-21-36(47)40-34(33)20-22-39(50)45-40/h1-3,6-7,9-11,14-15,18-23,29,31,37,43,47-48H,4-5,8,12-13,16-17,24-25,42H2,(H,44,49)(H,45,50)(H,51,52)/t29-,31-,37?. The molecule has 1 fully saturated rings. The van der Waals surface area contributed by atoms with E-state index < -0.39 is 12.2 Å². The molecule has 1 saturated carbocycles. The largest absolute Gasteiger partial charge is 0.506 e. The van der Waals surface area contributed by atoms with Crippen LogP contribution in [0.4, 0.5) is 16.2 Å². The summed E-state index contributed by atoms with van der Waals surface area (Å²) in [6.45, 7) is 0.731. The Hall–Kier alpha value is -5.49. The van der Waals surface area contributed by atoms with Crippen LogP contribution in [0.15, 0.2) is 102 Å². The van der Waals surface area contributed by atoms with Gasteiger partial charge in [0.25, 0.3) is 0 Å². The highest BCUT2D eigenvalue weighted by molar-refractivity contribution is 5.94. The molecule has 1 unspecified atom stereocenters. The molecule has 0 saturated heterocycles. The summed E-state index contributed by atoms with van der Waals surface area (Å²) >= 11 is 0. The number of hydrogen-bond acceptors (Lipinski definition) is 7. The number of phenolic OH excluding ortho intramolecular Hbond substituents is 1. The Morgan fingerprint density at radius 1 is 0.904 bits per heavy atom. The number of carboxylic acid groups (broad SMARTS) is 1. The van der Waals surface area contributed by atoms with Crippen LogP contribution in [0.2, 0.25) is 0 Å². The van der Waals surface area contributed by atoms with Gasteiger partial charge in [0.2, 0.25) is 11.5 Å². The molecule has 0 aliphatic heterocycles. The third-order valence-electron chi connectivity index (χ3n) is 9.76. The number of aromatic amines is 1. The van der Waals surface area contributed by atoms with Gasteiger partial charge in [-0.1, -0.05) is 60.7 Å². The van der Waals surface area contributed by atoms with Crippen molar-refractivity contribution >= 4 is 34.3 Å². The predicted octanol–water partition coefficient (Wildman–Crippen LogP) is 6.44. The molecule has 270 valence electrons. The summed E-state index contributed by atoms with van der Waals surface area (Å²) in [7, 11) is 0. The molecule has 8 N–H and O–H groups in total. The molecule has 0 radical (unpaired) electrons. The first-order chi connectivity index (χ1) is 25.2. The van der Waals surface area contributed by atoms with E-state index in [2.05, 4.69) is 15.6 Å². The highest BCUT2D eigenvalue weighted by Crippen LogP contribution is 2.36. The van der Waals surface area contributed by atoms with E-state index in [0.717, 1.165) is 47.9 Å². The molecule has 0 bridgehead atoms. The van der Waals surface area contributed by atoms with Gasteiger partial charge >= 0.3 is 6.09 Å². The molecule has 2 amide bonds. The number of fused-ring (bicyclic) bond motifs is 1. The number of nitrogens with one attached hydrogen (secondary N) is 3. The van der Waals surface area contributed by atoms with Crippen LogP contribution in [0.1, 0.15) is 61.3 Å². The number of rotatable bonds is 13. The second-order valence-corrected chi connectivity index (χ2v) is 13.5. The number of aryl methyl sites for hydroxylation is 1. The van der Waals surface area contributed by atoms with Crippen LogP contribution in [0.5, 0.6) is 5.75 Å². The second kappa shape index (κ2) is 16.7. The van der Waals surface area contributed by atoms with Crippen molar-refractivity contribution in [1.29, 1.82) is 0 Å². The number of carbonyl (C=O) groups excluding carboxylic acids is 1. The summed E-state index contributed by atoms with van der Waals surface area (Å²) in [5.41, 5.74) is 11.8. The third-order valence-corrected chi connectivity index (χ3v) is 9.76. The zero-order chi connectivity index (χ0) is 36.6. The lowest BCUT2D eigenvalue weighted by atomic mass is 9.89. The van der Waals surface area contributed by atoms with E-state index in [1.54, 1.807) is 12.1 Å². The molecular formula is C41H45N5O6. The molecule has 0 spiro atoms. The molecule has 6 rings (SSSR count). The Labute approximate surface area is 302 Å². The predicted molar refractivity (Wildman–Crippen MR) is 204 cm³/mol. The second-order valence-electron chi connectivity index (χ2n) is 13.5. The van der Waals surface area contributed by atoms with E-state index in [9.17, 15) is 29.7 Å². The van der Waals surface area contributed by atoms with Crippen molar-refractivity contribution < 1.29 is 24.9 Å². The van der Waals surface area contributed by atoms with Crippen LogP contribution in [0, 0.1) is 0 Å². The van der Waals surface area contributed by atoms with E-state index in [4.69, 9.17) is 5.73 Å². The van der Waals surface area contributed by atoms with Crippen LogP contribution in [0.25, 0.3) is 22.0 Å². The number of aliphatic hydroxyl groups is 1. The molecule has 4 aromatic carbocycles. The Kier molecular flexibility index (Phi) is 11.6. The SMILES string of the molecule is N[C@H]1CC[C@H](N(C(=O)O)c2cc(CCCC(=O)Nc3ccc(CNCC(O)c4ccc(O)c5[nH]c(=O)ccc45)cc3)ccc2-c2ccccc2)CC1. The van der Waals surface area contributed by atoms with Gasteiger partial charge in [0, 0.05) is 54.3 Å². The fraction of sp³-hybridized carbons (Fsp3) is 0.293. The first-order valence-electron chi connectivity index (χ1n) is 17.7. The number of carbonyl (C=O) groups is 2. The number of hydrogen-bond donors (Lipinski definition) is 7. The molecule has 1 atom stereocenters. The fourth-order valence-electron chi connectivity index (χ4n) is 7.00. The van der Waals surface area contributed by atoms with Crippen LogP contribution in [-0.2, 0) is 17.8 Å². The molecule has 5 aromatic rings. The molecule has 11 nitrogen and oxygen atoms in total. The van der Waals surface area contributed by atoms with Gasteiger partial charge in [-0.15, -0.1) is 0 Å². The minimum atomic E-state index is -0.976. The van der Waals surface area contributed by atoms with Crippen LogP contribution in [-0.4, -0.2) is 50.9 Å². The van der Waals surface area contributed by atoms with E-state index in [1.807, 2.05) is 72.8 Å². The minimum Gasteiger partial charge on any atom is -0.506 e. The fourth-order valence-corrected chi connectivity index (χ4v) is 7.00. The summed E-state index contributed by atoms with van der Waals surface area (Å²) in [4.78, 5) is 41.4. The zero-order valence-corrected chi connectivity index (χ0v) is 28.9. The average molecular weight is 704 g/mol. The van der Waals surface area contributed by atoms with Gasteiger partial charge in [-0.3, -0.25) is 14.5 Å². The first kappa shape index (κ1) is 36.3. The normalized spacial score (nSPS) is 16.3. The number of amides is 2. The van der Waals surface area contributed by atoms with E-state index >= 15 is 0 Å². The highest BCUT2D eigenvalue weighted by atomic mass is 16.4. The van der Waals surface area contributed by atoms with Crippen LogP contribution in [0.3, 0.4) is 0 Å². The molecular weight excluding hydrogens is 658 g/mol. The Morgan fingerprint density at radius 2 is 1.63 bits per heavy atom. The van der Waals surface area contributed by atoms with Crippen molar-refractivity contribution in [3.8, 4) is 16.9 Å². The lowest BCUT2D eigenvalue weighted by molar-refractivity contribution is -0.116. The molecule has 1 heterocycles. The van der Waals surface area contributed by atoms with Gasteiger partial charge in [0.15, 0.2) is 0 Å².